The third-order valence-corrected chi connectivity index (χ3v) is 3.46. The van der Waals surface area contributed by atoms with Crippen molar-refractivity contribution in [3.8, 4) is 0 Å². The van der Waals surface area contributed by atoms with Crippen molar-refractivity contribution in [3.63, 3.8) is 0 Å². The molecular weight excluding hydrogens is 280 g/mol. The number of H-pyrrole nitrogens is 1. The molecule has 0 aliphatic heterocycles. The summed E-state index contributed by atoms with van der Waals surface area (Å²) >= 11 is 0. The van der Waals surface area contributed by atoms with E-state index in [1.165, 1.54) is 12.1 Å². The highest BCUT2D eigenvalue weighted by molar-refractivity contribution is 5.97. The summed E-state index contributed by atoms with van der Waals surface area (Å²) in [5.74, 6) is 0. The Bertz CT molecular complexity index is 975. The number of benzene rings is 1. The molecular formula is C13H10N2O6. The highest BCUT2D eigenvalue weighted by Gasteiger charge is 2.20. The molecule has 3 N–H and O–H groups in total. The van der Waals surface area contributed by atoms with Crippen LogP contribution in [-0.2, 0) is 0 Å². The maximum Gasteiger partial charge on any atom is 0.263 e. The monoisotopic (exact) mass is 290 g/mol. The smallest absolute Gasteiger partial charge is 0.263 e. The Kier molecular flexibility index (Phi) is 2.85. The fourth-order valence-electron chi connectivity index (χ4n) is 2.43. The largest absolute Gasteiger partial charge is 0.396 e. The number of fused-ring (bicyclic) bond motifs is 2. The van der Waals surface area contributed by atoms with Gasteiger partial charge in [-0.3, -0.25) is 24.2 Å². The number of nitrogens with zero attached hydrogens (tertiary/aromatic N) is 1. The molecule has 0 saturated carbocycles. The number of hydrogen-bond donors (Lipinski definition) is 3. The van der Waals surface area contributed by atoms with Crippen LogP contribution in [0.3, 0.4) is 0 Å². The van der Waals surface area contributed by atoms with E-state index in [1.54, 1.807) is 0 Å². The molecule has 0 amide bonds. The van der Waals surface area contributed by atoms with E-state index in [1.807, 2.05) is 0 Å². The summed E-state index contributed by atoms with van der Waals surface area (Å²) in [4.78, 5) is 49.5. The molecule has 108 valence electrons. The molecule has 8 heteroatoms. The van der Waals surface area contributed by atoms with Crippen LogP contribution in [0.15, 0.2) is 31.3 Å². The van der Waals surface area contributed by atoms with Gasteiger partial charge in [-0.05, 0) is 12.1 Å². The first kappa shape index (κ1) is 13.4. The van der Waals surface area contributed by atoms with Gasteiger partial charge in [0.25, 0.3) is 22.2 Å². The number of rotatable bonds is 3. The lowest BCUT2D eigenvalue weighted by Crippen LogP contribution is -2.30. The Hall–Kier alpha value is -2.58. The van der Waals surface area contributed by atoms with E-state index >= 15 is 0 Å². The van der Waals surface area contributed by atoms with Gasteiger partial charge in [0, 0.05) is 13.0 Å². The van der Waals surface area contributed by atoms with E-state index in [9.17, 15) is 24.3 Å². The van der Waals surface area contributed by atoms with Crippen LogP contribution >= 0.6 is 0 Å². The number of aliphatic hydroxyl groups excluding tert-OH is 2. The molecule has 2 heterocycles. The van der Waals surface area contributed by atoms with Gasteiger partial charge in [-0.1, -0.05) is 0 Å². The summed E-state index contributed by atoms with van der Waals surface area (Å²) in [5, 5.41) is 18.5. The van der Waals surface area contributed by atoms with Crippen molar-refractivity contribution >= 4 is 21.5 Å². The second-order valence-corrected chi connectivity index (χ2v) is 4.70. The Morgan fingerprint density at radius 3 is 1.86 bits per heavy atom. The normalized spacial score (nSPS) is 13.2. The summed E-state index contributed by atoms with van der Waals surface area (Å²) in [6.45, 7) is -0.397. The molecule has 1 unspecified atom stereocenters. The van der Waals surface area contributed by atoms with Crippen molar-refractivity contribution in [2.75, 3.05) is 6.61 Å². The first-order valence-corrected chi connectivity index (χ1v) is 6.16. The van der Waals surface area contributed by atoms with E-state index in [4.69, 9.17) is 5.11 Å². The first-order chi connectivity index (χ1) is 9.95. The lowest BCUT2D eigenvalue weighted by molar-refractivity contribution is 0.0685. The lowest BCUT2D eigenvalue weighted by Gasteiger charge is -2.07. The average molecular weight is 290 g/mol. The second-order valence-electron chi connectivity index (χ2n) is 4.70. The van der Waals surface area contributed by atoms with Crippen LogP contribution in [0.2, 0.25) is 0 Å². The van der Waals surface area contributed by atoms with Gasteiger partial charge in [-0.25, -0.2) is 4.57 Å². The fourth-order valence-corrected chi connectivity index (χ4v) is 2.43. The fraction of sp³-hybridized carbons (Fsp3) is 0.231. The topological polar surface area (TPSA) is 129 Å². The Morgan fingerprint density at radius 1 is 0.952 bits per heavy atom. The van der Waals surface area contributed by atoms with Gasteiger partial charge in [0.2, 0.25) is 0 Å². The molecule has 1 aromatic carbocycles. The minimum absolute atomic E-state index is 0.0263. The first-order valence-electron chi connectivity index (χ1n) is 6.16. The molecule has 0 fully saturated rings. The number of nitrogens with one attached hydrogen (secondary N) is 1. The standard InChI is InChI=1S/C13H10N2O6/c16-2-1-9(17)15-12(20)7-3-5-6(4-8(7)13(15)21)11(19)14-10(5)18/h3-4,9,16-17H,1-2H2,(H,14,18,19). The molecule has 21 heavy (non-hydrogen) atoms. The van der Waals surface area contributed by atoms with Crippen molar-refractivity contribution in [1.29, 1.82) is 0 Å². The van der Waals surface area contributed by atoms with Crippen molar-refractivity contribution in [2.24, 2.45) is 0 Å². The molecule has 0 spiro atoms. The van der Waals surface area contributed by atoms with Crippen LogP contribution in [0, 0.1) is 0 Å². The summed E-state index contributed by atoms with van der Waals surface area (Å²) in [7, 11) is 0. The highest BCUT2D eigenvalue weighted by atomic mass is 16.3. The van der Waals surface area contributed by atoms with E-state index < -0.39 is 35.1 Å². The van der Waals surface area contributed by atoms with Gasteiger partial charge >= 0.3 is 0 Å². The van der Waals surface area contributed by atoms with Crippen molar-refractivity contribution < 1.29 is 10.2 Å². The van der Waals surface area contributed by atoms with E-state index in [0.717, 1.165) is 0 Å². The second kappa shape index (κ2) is 4.47. The van der Waals surface area contributed by atoms with E-state index in [2.05, 4.69) is 4.98 Å². The van der Waals surface area contributed by atoms with Crippen molar-refractivity contribution in [3.05, 3.63) is 53.5 Å². The quantitative estimate of drug-likeness (QED) is 0.528. The van der Waals surface area contributed by atoms with Crippen LogP contribution in [-0.4, -0.2) is 26.4 Å². The van der Waals surface area contributed by atoms with Gasteiger partial charge in [0.1, 0.15) is 6.23 Å². The average Bonchev–Trinajstić information content (AvgIpc) is 2.85. The number of aromatic nitrogens is 2. The minimum atomic E-state index is -1.46. The molecule has 0 radical (unpaired) electrons. The van der Waals surface area contributed by atoms with Crippen LogP contribution in [0.5, 0.6) is 0 Å². The molecule has 0 bridgehead atoms. The Balaban J connectivity index is 2.46. The molecule has 1 atom stereocenters. The zero-order valence-electron chi connectivity index (χ0n) is 10.6. The molecule has 8 nitrogen and oxygen atoms in total. The number of aliphatic hydroxyl groups is 2. The molecule has 3 aromatic rings. The summed E-state index contributed by atoms with van der Waals surface area (Å²) in [6.07, 6.45) is -1.63. The highest BCUT2D eigenvalue weighted by Crippen LogP contribution is 2.15. The van der Waals surface area contributed by atoms with E-state index in [-0.39, 0.29) is 28.0 Å². The summed E-state index contributed by atoms with van der Waals surface area (Å²) < 4.78 is 0.610. The molecule has 0 aliphatic rings. The van der Waals surface area contributed by atoms with Gasteiger partial charge in [0.15, 0.2) is 0 Å². The van der Waals surface area contributed by atoms with Crippen molar-refractivity contribution in [2.45, 2.75) is 12.6 Å². The Labute approximate surface area is 115 Å². The van der Waals surface area contributed by atoms with Gasteiger partial charge in [0.05, 0.1) is 21.5 Å². The minimum Gasteiger partial charge on any atom is -0.396 e. The van der Waals surface area contributed by atoms with Gasteiger partial charge in [-0.15, -0.1) is 0 Å². The molecule has 0 saturated heterocycles. The van der Waals surface area contributed by atoms with Gasteiger partial charge < -0.3 is 10.2 Å². The van der Waals surface area contributed by atoms with Crippen LogP contribution in [0.4, 0.5) is 0 Å². The number of aromatic amines is 1. The number of hydrogen-bond acceptors (Lipinski definition) is 6. The molecule has 0 aliphatic carbocycles. The van der Waals surface area contributed by atoms with Crippen LogP contribution in [0.1, 0.15) is 12.6 Å². The summed E-state index contributed by atoms with van der Waals surface area (Å²) in [5.41, 5.74) is -2.78. The van der Waals surface area contributed by atoms with E-state index in [0.29, 0.717) is 4.57 Å². The third-order valence-electron chi connectivity index (χ3n) is 3.46. The maximum absolute atomic E-state index is 12.2. The zero-order chi connectivity index (χ0) is 15.3. The maximum atomic E-state index is 12.2. The van der Waals surface area contributed by atoms with Crippen LogP contribution in [0.25, 0.3) is 21.5 Å². The SMILES string of the molecule is O=c1[nH]c(=O)c2cc3c(=O)n(C(O)CCO)c(=O)c3cc12. The molecule has 3 rings (SSSR count). The predicted octanol–water partition coefficient (Wildman–Crippen LogP) is -1.69. The molecule has 2 aromatic heterocycles. The zero-order valence-corrected chi connectivity index (χ0v) is 10.6. The predicted molar refractivity (Wildman–Crippen MR) is 74.2 cm³/mol. The summed E-state index contributed by atoms with van der Waals surface area (Å²) in [6, 6.07) is 2.35. The van der Waals surface area contributed by atoms with Crippen LogP contribution < -0.4 is 22.2 Å². The third kappa shape index (κ3) is 1.77. The lowest BCUT2D eigenvalue weighted by atomic mass is 10.1. The Morgan fingerprint density at radius 2 is 1.43 bits per heavy atom. The van der Waals surface area contributed by atoms with Crippen molar-refractivity contribution in [1.82, 2.24) is 9.55 Å². The van der Waals surface area contributed by atoms with Gasteiger partial charge in [-0.2, -0.15) is 0 Å².